The van der Waals surface area contributed by atoms with E-state index in [1.807, 2.05) is 17.7 Å². The molecule has 1 N–H and O–H groups in total. The molecular weight excluding hydrogens is 246 g/mol. The number of nitrogens with one attached hydrogen (secondary N) is 1. The summed E-state index contributed by atoms with van der Waals surface area (Å²) in [6.07, 6.45) is 6.62. The largest absolute Gasteiger partial charge is 0.366 e. The summed E-state index contributed by atoms with van der Waals surface area (Å²) in [6, 6.07) is 1.65. The summed E-state index contributed by atoms with van der Waals surface area (Å²) in [7, 11) is 0. The van der Waals surface area contributed by atoms with Crippen molar-refractivity contribution in [2.75, 3.05) is 5.32 Å². The molecule has 1 atom stereocenters. The number of hydrogen-bond donors (Lipinski definition) is 1. The molecular formula is C12H15N5O2. The third-order valence-electron chi connectivity index (χ3n) is 2.70. The number of hydrogen-bond acceptors (Lipinski definition) is 5. The number of aryl methyl sites for hydroxylation is 1. The molecule has 1 unspecified atom stereocenters. The predicted molar refractivity (Wildman–Crippen MR) is 70.9 cm³/mol. The van der Waals surface area contributed by atoms with Crippen LogP contribution in [0.25, 0.3) is 0 Å². The normalized spacial score (nSPS) is 12.1. The molecule has 0 fully saturated rings. The van der Waals surface area contributed by atoms with E-state index in [-0.39, 0.29) is 11.7 Å². The first-order valence-corrected chi connectivity index (χ1v) is 5.89. The minimum absolute atomic E-state index is 0.00492. The summed E-state index contributed by atoms with van der Waals surface area (Å²) in [5.74, 6) is 0.665. The molecule has 7 nitrogen and oxygen atoms in total. The number of pyridine rings is 1. The zero-order valence-corrected chi connectivity index (χ0v) is 10.8. The standard InChI is InChI=1S/C12H15N5O2/c1-9-5-11(17(18)19)6-14-12(9)15-10(2)7-16-4-3-13-8-16/h3-6,8,10H,7H2,1-2H3,(H,14,15). The van der Waals surface area contributed by atoms with Crippen LogP contribution in [0.3, 0.4) is 0 Å². The molecule has 7 heteroatoms. The zero-order chi connectivity index (χ0) is 13.8. The summed E-state index contributed by atoms with van der Waals surface area (Å²) >= 11 is 0. The lowest BCUT2D eigenvalue weighted by molar-refractivity contribution is -0.385. The van der Waals surface area contributed by atoms with Crippen LogP contribution in [0, 0.1) is 17.0 Å². The van der Waals surface area contributed by atoms with Crippen LogP contribution < -0.4 is 5.32 Å². The lowest BCUT2D eigenvalue weighted by atomic mass is 10.2. The van der Waals surface area contributed by atoms with E-state index in [4.69, 9.17) is 0 Å². The van der Waals surface area contributed by atoms with Crippen molar-refractivity contribution >= 4 is 11.5 Å². The van der Waals surface area contributed by atoms with Gasteiger partial charge in [-0.05, 0) is 19.4 Å². The maximum absolute atomic E-state index is 10.6. The van der Waals surface area contributed by atoms with Gasteiger partial charge >= 0.3 is 0 Å². The summed E-state index contributed by atoms with van der Waals surface area (Å²) in [4.78, 5) is 18.3. The number of aromatic nitrogens is 3. The summed E-state index contributed by atoms with van der Waals surface area (Å²) in [6.45, 7) is 4.56. The van der Waals surface area contributed by atoms with E-state index in [9.17, 15) is 10.1 Å². The number of anilines is 1. The second kappa shape index (κ2) is 5.47. The van der Waals surface area contributed by atoms with Crippen molar-refractivity contribution in [1.29, 1.82) is 0 Å². The van der Waals surface area contributed by atoms with E-state index in [0.29, 0.717) is 5.82 Å². The minimum atomic E-state index is -0.446. The molecule has 0 aliphatic rings. The number of imidazole rings is 1. The second-order valence-corrected chi connectivity index (χ2v) is 4.42. The molecule has 0 radical (unpaired) electrons. The monoisotopic (exact) mass is 261 g/mol. The van der Waals surface area contributed by atoms with Crippen LogP contribution >= 0.6 is 0 Å². The molecule has 0 spiro atoms. The molecule has 19 heavy (non-hydrogen) atoms. The molecule has 0 saturated heterocycles. The van der Waals surface area contributed by atoms with Crippen LogP contribution in [0.2, 0.25) is 0 Å². The van der Waals surface area contributed by atoms with Gasteiger partial charge in [0.1, 0.15) is 12.0 Å². The fraction of sp³-hybridized carbons (Fsp3) is 0.333. The van der Waals surface area contributed by atoms with E-state index < -0.39 is 4.92 Å². The highest BCUT2D eigenvalue weighted by molar-refractivity contribution is 5.48. The van der Waals surface area contributed by atoms with Crippen LogP contribution in [0.5, 0.6) is 0 Å². The lowest BCUT2D eigenvalue weighted by Crippen LogP contribution is -2.22. The van der Waals surface area contributed by atoms with E-state index in [0.717, 1.165) is 12.1 Å². The molecule has 2 aromatic heterocycles. The molecule has 2 rings (SSSR count). The molecule has 0 amide bonds. The van der Waals surface area contributed by atoms with E-state index in [2.05, 4.69) is 15.3 Å². The second-order valence-electron chi connectivity index (χ2n) is 4.42. The van der Waals surface area contributed by atoms with E-state index in [1.54, 1.807) is 19.4 Å². The first-order valence-electron chi connectivity index (χ1n) is 5.89. The van der Waals surface area contributed by atoms with Gasteiger partial charge in [-0.15, -0.1) is 0 Å². The van der Waals surface area contributed by atoms with Gasteiger partial charge < -0.3 is 9.88 Å². The molecule has 2 aromatic rings. The molecule has 0 aliphatic carbocycles. The highest BCUT2D eigenvalue weighted by atomic mass is 16.6. The maximum atomic E-state index is 10.6. The Morgan fingerprint density at radius 3 is 2.95 bits per heavy atom. The van der Waals surface area contributed by atoms with Gasteiger partial charge in [0.2, 0.25) is 0 Å². The predicted octanol–water partition coefficient (Wildman–Crippen LogP) is 2.00. The van der Waals surface area contributed by atoms with Gasteiger partial charge in [0.05, 0.1) is 11.3 Å². The molecule has 0 saturated carbocycles. The third kappa shape index (κ3) is 3.27. The first kappa shape index (κ1) is 13.0. The Morgan fingerprint density at radius 2 is 2.37 bits per heavy atom. The number of nitro groups is 1. The van der Waals surface area contributed by atoms with Gasteiger partial charge in [0.15, 0.2) is 0 Å². The highest BCUT2D eigenvalue weighted by Crippen LogP contribution is 2.18. The summed E-state index contributed by atoms with van der Waals surface area (Å²) in [5.41, 5.74) is 0.761. The van der Waals surface area contributed by atoms with Crippen molar-refractivity contribution in [3.8, 4) is 0 Å². The Kier molecular flexibility index (Phi) is 3.74. The van der Waals surface area contributed by atoms with Gasteiger partial charge in [-0.3, -0.25) is 10.1 Å². The number of rotatable bonds is 5. The topological polar surface area (TPSA) is 85.9 Å². The Hall–Kier alpha value is -2.44. The van der Waals surface area contributed by atoms with Crippen LogP contribution in [-0.4, -0.2) is 25.5 Å². The zero-order valence-electron chi connectivity index (χ0n) is 10.8. The van der Waals surface area contributed by atoms with Gasteiger partial charge in [0, 0.05) is 31.0 Å². The van der Waals surface area contributed by atoms with Gasteiger partial charge in [0.25, 0.3) is 5.69 Å². The Morgan fingerprint density at radius 1 is 1.58 bits per heavy atom. The highest BCUT2D eigenvalue weighted by Gasteiger charge is 2.11. The average Bonchev–Trinajstić information content (AvgIpc) is 2.84. The van der Waals surface area contributed by atoms with Crippen LogP contribution in [0.1, 0.15) is 12.5 Å². The maximum Gasteiger partial charge on any atom is 0.287 e. The average molecular weight is 261 g/mol. The van der Waals surface area contributed by atoms with Crippen molar-refractivity contribution in [2.45, 2.75) is 26.4 Å². The third-order valence-corrected chi connectivity index (χ3v) is 2.70. The quantitative estimate of drug-likeness (QED) is 0.657. The Labute approximate surface area is 110 Å². The van der Waals surface area contributed by atoms with Crippen molar-refractivity contribution in [3.05, 3.63) is 46.7 Å². The first-order chi connectivity index (χ1) is 9.06. The van der Waals surface area contributed by atoms with Crippen LogP contribution in [0.15, 0.2) is 31.0 Å². The molecule has 0 aromatic carbocycles. The lowest BCUT2D eigenvalue weighted by Gasteiger charge is -2.16. The molecule has 100 valence electrons. The van der Waals surface area contributed by atoms with Gasteiger partial charge in [-0.1, -0.05) is 0 Å². The summed E-state index contributed by atoms with van der Waals surface area (Å²) < 4.78 is 1.96. The fourth-order valence-corrected chi connectivity index (χ4v) is 1.80. The molecule has 0 bridgehead atoms. The SMILES string of the molecule is Cc1cc([N+](=O)[O-])cnc1NC(C)Cn1ccnc1. The van der Waals surface area contributed by atoms with Crippen molar-refractivity contribution in [3.63, 3.8) is 0 Å². The Bertz CT molecular complexity index is 568. The molecule has 0 aliphatic heterocycles. The smallest absolute Gasteiger partial charge is 0.287 e. The van der Waals surface area contributed by atoms with Crippen molar-refractivity contribution in [1.82, 2.24) is 14.5 Å². The Balaban J connectivity index is 2.04. The fourth-order valence-electron chi connectivity index (χ4n) is 1.80. The van der Waals surface area contributed by atoms with Gasteiger partial charge in [-0.2, -0.15) is 0 Å². The van der Waals surface area contributed by atoms with Crippen LogP contribution in [-0.2, 0) is 6.54 Å². The number of nitrogens with zero attached hydrogens (tertiary/aromatic N) is 4. The minimum Gasteiger partial charge on any atom is -0.366 e. The summed E-state index contributed by atoms with van der Waals surface area (Å²) in [5, 5.41) is 13.9. The van der Waals surface area contributed by atoms with Crippen LogP contribution in [0.4, 0.5) is 11.5 Å². The van der Waals surface area contributed by atoms with E-state index in [1.165, 1.54) is 12.3 Å². The van der Waals surface area contributed by atoms with Crippen molar-refractivity contribution in [2.24, 2.45) is 0 Å². The molecule has 2 heterocycles. The van der Waals surface area contributed by atoms with Crippen molar-refractivity contribution < 1.29 is 4.92 Å². The van der Waals surface area contributed by atoms with E-state index >= 15 is 0 Å². The van der Waals surface area contributed by atoms with Gasteiger partial charge in [-0.25, -0.2) is 9.97 Å².